The van der Waals surface area contributed by atoms with E-state index in [0.717, 1.165) is 21.3 Å². The summed E-state index contributed by atoms with van der Waals surface area (Å²) in [7, 11) is 0. The second kappa shape index (κ2) is 6.47. The van der Waals surface area contributed by atoms with Gasteiger partial charge in [-0.05, 0) is 47.4 Å². The van der Waals surface area contributed by atoms with Crippen molar-refractivity contribution >= 4 is 23.5 Å². The molecule has 0 unspecified atom stereocenters. The van der Waals surface area contributed by atoms with Crippen molar-refractivity contribution in [2.24, 2.45) is 0 Å². The summed E-state index contributed by atoms with van der Waals surface area (Å²) in [5, 5.41) is 0. The molecule has 0 spiro atoms. The lowest BCUT2D eigenvalue weighted by Gasteiger charge is -2.21. The van der Waals surface area contributed by atoms with Crippen LogP contribution in [-0.4, -0.2) is 0 Å². The van der Waals surface area contributed by atoms with Crippen LogP contribution in [0.15, 0.2) is 86.3 Å². The predicted octanol–water partition coefficient (Wildman–Crippen LogP) is 7.39. The summed E-state index contributed by atoms with van der Waals surface area (Å²) in [6, 6.07) is 23.4. The average Bonchev–Trinajstić information content (AvgIpc) is 2.65. The molecule has 3 aromatic rings. The Hall–Kier alpha value is -1.84. The van der Waals surface area contributed by atoms with Gasteiger partial charge in [0.05, 0.1) is 9.79 Å². The molecule has 4 rings (SSSR count). The van der Waals surface area contributed by atoms with Crippen LogP contribution in [0.1, 0.15) is 26.3 Å². The van der Waals surface area contributed by atoms with Gasteiger partial charge < -0.3 is 4.74 Å². The van der Waals surface area contributed by atoms with Crippen molar-refractivity contribution in [1.29, 1.82) is 0 Å². The first kappa shape index (κ1) is 16.6. The topological polar surface area (TPSA) is 9.23 Å². The average molecular weight is 365 g/mol. The number of hydrogen-bond donors (Lipinski definition) is 0. The fourth-order valence-electron chi connectivity index (χ4n) is 2.73. The number of fused-ring (bicyclic) bond motifs is 3. The molecule has 0 aliphatic carbocycles. The van der Waals surface area contributed by atoms with Crippen molar-refractivity contribution in [3.63, 3.8) is 0 Å². The van der Waals surface area contributed by atoms with Gasteiger partial charge in [-0.2, -0.15) is 0 Å². The van der Waals surface area contributed by atoms with E-state index in [1.165, 1.54) is 15.4 Å². The smallest absolute Gasteiger partial charge is 0.141 e. The molecule has 1 nitrogen and oxygen atoms in total. The van der Waals surface area contributed by atoms with Crippen LogP contribution in [0.3, 0.4) is 0 Å². The Morgan fingerprint density at radius 1 is 0.640 bits per heavy atom. The first-order chi connectivity index (χ1) is 12.0. The van der Waals surface area contributed by atoms with Gasteiger partial charge in [-0.3, -0.25) is 0 Å². The first-order valence-corrected chi connectivity index (χ1v) is 10.0. The van der Waals surface area contributed by atoms with E-state index in [1.807, 2.05) is 6.07 Å². The van der Waals surface area contributed by atoms with Crippen molar-refractivity contribution in [1.82, 2.24) is 0 Å². The highest BCUT2D eigenvalue weighted by Crippen LogP contribution is 2.48. The highest BCUT2D eigenvalue weighted by molar-refractivity contribution is 8.02. The van der Waals surface area contributed by atoms with Crippen LogP contribution >= 0.6 is 23.5 Å². The Balaban J connectivity index is 1.91. The van der Waals surface area contributed by atoms with E-state index < -0.39 is 0 Å². The minimum absolute atomic E-state index is 0.0909. The maximum Gasteiger partial charge on any atom is 0.141 e. The summed E-state index contributed by atoms with van der Waals surface area (Å²) in [4.78, 5) is 4.82. The molecule has 0 amide bonds. The lowest BCUT2D eigenvalue weighted by molar-refractivity contribution is 0.456. The fraction of sp³-hybridized carbons (Fsp3) is 0.182. The van der Waals surface area contributed by atoms with E-state index in [4.69, 9.17) is 4.74 Å². The number of ether oxygens (including phenoxy) is 1. The Labute approximate surface area is 157 Å². The van der Waals surface area contributed by atoms with Crippen LogP contribution in [-0.2, 0) is 5.41 Å². The highest BCUT2D eigenvalue weighted by Gasteiger charge is 2.20. The molecule has 0 saturated carbocycles. The third-order valence-electron chi connectivity index (χ3n) is 4.17. The van der Waals surface area contributed by atoms with Gasteiger partial charge in [-0.25, -0.2) is 0 Å². The van der Waals surface area contributed by atoms with Crippen LogP contribution in [0.25, 0.3) is 0 Å². The number of hydrogen-bond acceptors (Lipinski definition) is 3. The zero-order chi connectivity index (χ0) is 17.4. The van der Waals surface area contributed by atoms with E-state index in [2.05, 4.69) is 81.4 Å². The summed E-state index contributed by atoms with van der Waals surface area (Å²) in [6.07, 6.45) is 0. The Morgan fingerprint density at radius 3 is 1.84 bits per heavy atom. The first-order valence-electron chi connectivity index (χ1n) is 8.37. The maximum atomic E-state index is 6.39. The van der Waals surface area contributed by atoms with Crippen molar-refractivity contribution in [3.05, 3.63) is 72.3 Å². The molecule has 126 valence electrons. The van der Waals surface area contributed by atoms with E-state index in [0.29, 0.717) is 0 Å². The Morgan fingerprint density at radius 2 is 1.20 bits per heavy atom. The maximum absolute atomic E-state index is 6.39. The van der Waals surface area contributed by atoms with Crippen molar-refractivity contribution in [2.45, 2.75) is 45.8 Å². The minimum Gasteiger partial charge on any atom is -0.455 e. The molecule has 3 heteroatoms. The molecule has 1 aliphatic heterocycles. The minimum atomic E-state index is 0.0909. The van der Waals surface area contributed by atoms with Gasteiger partial charge in [-0.15, -0.1) is 0 Å². The third-order valence-corrected chi connectivity index (χ3v) is 6.56. The molecule has 0 fully saturated rings. The molecule has 0 radical (unpaired) electrons. The van der Waals surface area contributed by atoms with Gasteiger partial charge >= 0.3 is 0 Å². The zero-order valence-corrected chi connectivity index (χ0v) is 16.2. The Bertz CT molecular complexity index is 919. The van der Waals surface area contributed by atoms with E-state index >= 15 is 0 Å². The molecule has 3 aromatic carbocycles. The second-order valence-corrected chi connectivity index (χ2v) is 9.28. The van der Waals surface area contributed by atoms with Gasteiger partial charge in [0.2, 0.25) is 0 Å². The normalized spacial score (nSPS) is 13.4. The van der Waals surface area contributed by atoms with Crippen LogP contribution in [0.5, 0.6) is 11.5 Å². The summed E-state index contributed by atoms with van der Waals surface area (Å²) >= 11 is 3.54. The van der Waals surface area contributed by atoms with Crippen molar-refractivity contribution in [3.8, 4) is 11.5 Å². The molecule has 0 bridgehead atoms. The molecular weight excluding hydrogens is 344 g/mol. The second-order valence-electron chi connectivity index (χ2n) is 7.11. The molecule has 0 N–H and O–H groups in total. The number of rotatable bonds is 0. The van der Waals surface area contributed by atoms with Crippen molar-refractivity contribution < 1.29 is 4.74 Å². The van der Waals surface area contributed by atoms with Crippen LogP contribution in [0.2, 0.25) is 0 Å². The van der Waals surface area contributed by atoms with Crippen LogP contribution in [0, 0.1) is 0 Å². The standard InChI is InChI=1S/C22H20OS2/c1-22(2,3)15-12-13-19-17(14-15)23-16-8-4-5-9-18(16)24-20-10-6-7-11-21(20)25-19/h4-14H,1-3H3. The summed E-state index contributed by atoms with van der Waals surface area (Å²) in [5.41, 5.74) is 1.37. The van der Waals surface area contributed by atoms with Gasteiger partial charge in [0.25, 0.3) is 0 Å². The molecule has 0 atom stereocenters. The molecule has 0 aromatic heterocycles. The van der Waals surface area contributed by atoms with Gasteiger partial charge in [0, 0.05) is 9.79 Å². The predicted molar refractivity (Wildman–Crippen MR) is 106 cm³/mol. The monoisotopic (exact) mass is 364 g/mol. The Kier molecular flexibility index (Phi) is 4.30. The quantitative estimate of drug-likeness (QED) is 0.322. The molecule has 1 aliphatic rings. The van der Waals surface area contributed by atoms with Gasteiger partial charge in [0.15, 0.2) is 0 Å². The van der Waals surface area contributed by atoms with Gasteiger partial charge in [0.1, 0.15) is 11.5 Å². The summed E-state index contributed by atoms with van der Waals surface area (Å²) in [6.45, 7) is 6.70. The molecule has 1 heterocycles. The molecule has 25 heavy (non-hydrogen) atoms. The molecular formula is C22H20OS2. The lowest BCUT2D eigenvalue weighted by Crippen LogP contribution is -2.11. The van der Waals surface area contributed by atoms with Crippen molar-refractivity contribution in [2.75, 3.05) is 0 Å². The summed E-state index contributed by atoms with van der Waals surface area (Å²) < 4.78 is 6.39. The largest absolute Gasteiger partial charge is 0.455 e. The zero-order valence-electron chi connectivity index (χ0n) is 14.6. The van der Waals surface area contributed by atoms with Gasteiger partial charge in [-0.1, -0.05) is 74.6 Å². The van der Waals surface area contributed by atoms with Crippen LogP contribution in [0.4, 0.5) is 0 Å². The lowest BCUT2D eigenvalue weighted by atomic mass is 9.87. The van der Waals surface area contributed by atoms with E-state index in [1.54, 1.807) is 23.5 Å². The third kappa shape index (κ3) is 3.44. The molecule has 0 saturated heterocycles. The number of para-hydroxylation sites is 1. The summed E-state index contributed by atoms with van der Waals surface area (Å²) in [5.74, 6) is 1.85. The van der Waals surface area contributed by atoms with Crippen LogP contribution < -0.4 is 4.74 Å². The SMILES string of the molecule is CC(C)(C)c1ccc2c(c1)Oc1ccccc1Sc1ccccc1S2. The number of benzene rings is 3. The van der Waals surface area contributed by atoms with E-state index in [-0.39, 0.29) is 5.41 Å². The van der Waals surface area contributed by atoms with E-state index in [9.17, 15) is 0 Å². The fourth-order valence-corrected chi connectivity index (χ4v) is 4.78. The highest BCUT2D eigenvalue weighted by atomic mass is 32.2.